The maximum absolute atomic E-state index is 10.7. The minimum atomic E-state index is -0.525. The Balaban J connectivity index is 2.39. The van der Waals surface area contributed by atoms with Crippen LogP contribution >= 0.6 is 27.3 Å². The van der Waals surface area contributed by atoms with Crippen LogP contribution in [0, 0.1) is 17.0 Å². The van der Waals surface area contributed by atoms with Gasteiger partial charge in [-0.25, -0.2) is 0 Å². The number of nitrogens with zero attached hydrogens (tertiary/aromatic N) is 1. The molecule has 102 valence electrons. The van der Waals surface area contributed by atoms with Gasteiger partial charge < -0.3 is 9.73 Å². The van der Waals surface area contributed by atoms with Crippen molar-refractivity contribution in [2.75, 3.05) is 6.54 Å². The van der Waals surface area contributed by atoms with Gasteiger partial charge in [0.2, 0.25) is 0 Å². The fraction of sp³-hybridized carbons (Fsp3) is 0.333. The van der Waals surface area contributed by atoms with Crippen LogP contribution in [-0.2, 0) is 0 Å². The Bertz CT molecular complexity index is 594. The number of furan rings is 1. The van der Waals surface area contributed by atoms with E-state index < -0.39 is 4.92 Å². The van der Waals surface area contributed by atoms with E-state index >= 15 is 0 Å². The fourth-order valence-electron chi connectivity index (χ4n) is 1.91. The summed E-state index contributed by atoms with van der Waals surface area (Å²) in [6.45, 7) is 4.75. The minimum Gasteiger partial charge on any atom is -0.404 e. The molecule has 0 spiro atoms. The topological polar surface area (TPSA) is 68.3 Å². The summed E-state index contributed by atoms with van der Waals surface area (Å²) in [4.78, 5) is 11.3. The third-order valence-corrected chi connectivity index (χ3v) is 4.29. The fourth-order valence-corrected chi connectivity index (χ4v) is 3.66. The molecule has 0 aliphatic rings. The summed E-state index contributed by atoms with van der Waals surface area (Å²) in [6, 6.07) is 4.88. The lowest BCUT2D eigenvalue weighted by Gasteiger charge is -2.15. The van der Waals surface area contributed by atoms with Crippen LogP contribution in [-0.4, -0.2) is 11.5 Å². The molecule has 0 aromatic carbocycles. The molecule has 0 aliphatic heterocycles. The minimum absolute atomic E-state index is 0.166. The Hall–Kier alpha value is -1.18. The number of hydrogen-bond acceptors (Lipinski definition) is 5. The number of nitro groups is 1. The van der Waals surface area contributed by atoms with Crippen LogP contribution in [0.4, 0.5) is 5.88 Å². The molecule has 2 aromatic rings. The average Bonchev–Trinajstić information content (AvgIpc) is 2.93. The molecule has 7 heteroatoms. The third kappa shape index (κ3) is 3.05. The van der Waals surface area contributed by atoms with Gasteiger partial charge in [-0.3, -0.25) is 10.1 Å². The molecule has 0 fully saturated rings. The van der Waals surface area contributed by atoms with Crippen LogP contribution in [0.5, 0.6) is 0 Å². The van der Waals surface area contributed by atoms with Gasteiger partial charge in [0.15, 0.2) is 0 Å². The van der Waals surface area contributed by atoms with Gasteiger partial charge in [0.25, 0.3) is 0 Å². The zero-order chi connectivity index (χ0) is 14.0. The predicted octanol–water partition coefficient (Wildman–Crippen LogP) is 4.02. The number of nitrogens with one attached hydrogen (secondary N) is 1. The maximum atomic E-state index is 10.7. The van der Waals surface area contributed by atoms with Crippen LogP contribution < -0.4 is 5.32 Å². The van der Waals surface area contributed by atoms with Crippen molar-refractivity contribution >= 4 is 33.2 Å². The number of halogens is 1. The van der Waals surface area contributed by atoms with Crippen molar-refractivity contribution < 1.29 is 9.34 Å². The first-order chi connectivity index (χ1) is 9.02. The summed E-state index contributed by atoms with van der Waals surface area (Å²) in [5, 5.41) is 14.0. The number of aryl methyl sites for hydroxylation is 1. The maximum Gasteiger partial charge on any atom is 0.433 e. The van der Waals surface area contributed by atoms with Crippen LogP contribution in [0.2, 0.25) is 0 Å². The molecule has 2 aromatic heterocycles. The van der Waals surface area contributed by atoms with Crippen molar-refractivity contribution in [3.05, 3.63) is 48.3 Å². The zero-order valence-corrected chi connectivity index (χ0v) is 12.9. The molecule has 0 saturated heterocycles. The highest BCUT2D eigenvalue weighted by Crippen LogP contribution is 2.35. The molecule has 0 bridgehead atoms. The van der Waals surface area contributed by atoms with E-state index in [1.807, 2.05) is 19.9 Å². The highest BCUT2D eigenvalue weighted by atomic mass is 79.9. The second-order valence-electron chi connectivity index (χ2n) is 3.99. The van der Waals surface area contributed by atoms with E-state index in [1.54, 1.807) is 17.4 Å². The SMILES string of the molecule is CCNC(c1ccc([N+](=O)[O-])o1)c1cc(Br)sc1C. The van der Waals surface area contributed by atoms with Gasteiger partial charge in [0.05, 0.1) is 15.9 Å². The summed E-state index contributed by atoms with van der Waals surface area (Å²) in [5.74, 6) is 0.326. The quantitative estimate of drug-likeness (QED) is 0.656. The van der Waals surface area contributed by atoms with E-state index in [1.165, 1.54) is 6.07 Å². The van der Waals surface area contributed by atoms with E-state index in [4.69, 9.17) is 4.42 Å². The molecule has 1 N–H and O–H groups in total. The van der Waals surface area contributed by atoms with E-state index in [0.29, 0.717) is 5.76 Å². The Morgan fingerprint density at radius 2 is 2.32 bits per heavy atom. The molecule has 2 rings (SSSR count). The first-order valence-corrected chi connectivity index (χ1v) is 7.37. The molecule has 5 nitrogen and oxygen atoms in total. The average molecular weight is 345 g/mol. The van der Waals surface area contributed by atoms with E-state index in [9.17, 15) is 10.1 Å². The van der Waals surface area contributed by atoms with Crippen molar-refractivity contribution in [1.29, 1.82) is 0 Å². The molecule has 2 heterocycles. The first kappa shape index (κ1) is 14.2. The van der Waals surface area contributed by atoms with Gasteiger partial charge in [0, 0.05) is 4.88 Å². The molecule has 1 unspecified atom stereocenters. The molecular weight excluding hydrogens is 332 g/mol. The van der Waals surface area contributed by atoms with Gasteiger partial charge >= 0.3 is 5.88 Å². The third-order valence-electron chi connectivity index (χ3n) is 2.72. The predicted molar refractivity (Wildman–Crippen MR) is 77.6 cm³/mol. The number of thiophene rings is 1. The van der Waals surface area contributed by atoms with E-state index in [2.05, 4.69) is 21.2 Å². The van der Waals surface area contributed by atoms with Gasteiger partial charge in [-0.05, 0) is 47.1 Å². The van der Waals surface area contributed by atoms with Crippen LogP contribution in [0.15, 0.2) is 26.4 Å². The van der Waals surface area contributed by atoms with Crippen LogP contribution in [0.1, 0.15) is 29.2 Å². The molecule has 0 saturated carbocycles. The van der Waals surface area contributed by atoms with Crippen molar-refractivity contribution in [2.45, 2.75) is 19.9 Å². The Kier molecular flexibility index (Phi) is 4.38. The number of rotatable bonds is 5. The summed E-state index contributed by atoms with van der Waals surface area (Å²) < 4.78 is 6.34. The lowest BCUT2D eigenvalue weighted by Crippen LogP contribution is -2.21. The normalized spacial score (nSPS) is 12.6. The molecular formula is C12H13BrN2O3S. The van der Waals surface area contributed by atoms with Gasteiger partial charge in [-0.1, -0.05) is 6.92 Å². The Labute approximate surface area is 122 Å². The number of hydrogen-bond donors (Lipinski definition) is 1. The molecule has 0 radical (unpaired) electrons. The van der Waals surface area contributed by atoms with Crippen LogP contribution in [0.25, 0.3) is 0 Å². The molecule has 19 heavy (non-hydrogen) atoms. The monoisotopic (exact) mass is 344 g/mol. The molecule has 0 aliphatic carbocycles. The summed E-state index contributed by atoms with van der Waals surface area (Å²) in [7, 11) is 0. The highest BCUT2D eigenvalue weighted by Gasteiger charge is 2.23. The second-order valence-corrected chi connectivity index (χ2v) is 6.62. The summed E-state index contributed by atoms with van der Waals surface area (Å²) >= 11 is 5.09. The Morgan fingerprint density at radius 3 is 2.79 bits per heavy atom. The smallest absolute Gasteiger partial charge is 0.404 e. The standard InChI is InChI=1S/C12H13BrN2O3S/c1-3-14-12(8-6-10(13)19-7(8)2)9-4-5-11(18-9)15(16)17/h4-6,12,14H,3H2,1-2H3. The zero-order valence-electron chi connectivity index (χ0n) is 10.5. The van der Waals surface area contributed by atoms with Crippen LogP contribution in [0.3, 0.4) is 0 Å². The van der Waals surface area contributed by atoms with Crippen molar-refractivity contribution in [3.63, 3.8) is 0 Å². The van der Waals surface area contributed by atoms with Gasteiger partial charge in [-0.15, -0.1) is 11.3 Å². The van der Waals surface area contributed by atoms with Gasteiger partial charge in [0.1, 0.15) is 10.7 Å². The largest absolute Gasteiger partial charge is 0.433 e. The van der Waals surface area contributed by atoms with Crippen molar-refractivity contribution in [2.24, 2.45) is 0 Å². The highest BCUT2D eigenvalue weighted by molar-refractivity contribution is 9.11. The molecule has 0 amide bonds. The van der Waals surface area contributed by atoms with Gasteiger partial charge in [-0.2, -0.15) is 0 Å². The summed E-state index contributed by atoms with van der Waals surface area (Å²) in [6.07, 6.45) is 0. The molecule has 1 atom stereocenters. The Morgan fingerprint density at radius 1 is 1.58 bits per heavy atom. The second kappa shape index (κ2) is 5.85. The van der Waals surface area contributed by atoms with E-state index in [0.717, 1.165) is 20.8 Å². The lowest BCUT2D eigenvalue weighted by molar-refractivity contribution is -0.402. The lowest BCUT2D eigenvalue weighted by atomic mass is 10.1. The summed E-state index contributed by atoms with van der Waals surface area (Å²) in [5.41, 5.74) is 1.07. The first-order valence-electron chi connectivity index (χ1n) is 5.76. The van der Waals surface area contributed by atoms with E-state index in [-0.39, 0.29) is 11.9 Å². The van der Waals surface area contributed by atoms with Crippen molar-refractivity contribution in [1.82, 2.24) is 5.32 Å². The van der Waals surface area contributed by atoms with Crippen molar-refractivity contribution in [3.8, 4) is 0 Å².